The van der Waals surface area contributed by atoms with Crippen LogP contribution in [0.15, 0.2) is 66.7 Å². The molecule has 9 heteroatoms. The maximum absolute atomic E-state index is 12.5. The van der Waals surface area contributed by atoms with Gasteiger partial charge >= 0.3 is 12.1 Å². The minimum atomic E-state index is -0.930. The molecule has 2 aliphatic heterocycles. The van der Waals surface area contributed by atoms with Crippen LogP contribution in [0.3, 0.4) is 0 Å². The number of aliphatic hydroxyl groups excluding tert-OH is 1. The van der Waals surface area contributed by atoms with Gasteiger partial charge < -0.3 is 24.7 Å². The molecule has 0 radical (unpaired) electrons. The van der Waals surface area contributed by atoms with Crippen molar-refractivity contribution in [1.82, 2.24) is 9.80 Å². The summed E-state index contributed by atoms with van der Waals surface area (Å²) in [6.45, 7) is 10.7. The van der Waals surface area contributed by atoms with Crippen molar-refractivity contribution >= 4 is 29.4 Å². The molecule has 0 bridgehead atoms. The van der Waals surface area contributed by atoms with E-state index in [0.717, 1.165) is 73.5 Å². The Morgan fingerprint density at radius 3 is 2.14 bits per heavy atom. The van der Waals surface area contributed by atoms with Gasteiger partial charge in [0.2, 0.25) is 0 Å². The number of hydrogen-bond donors (Lipinski definition) is 2. The Balaban J connectivity index is 1.28. The van der Waals surface area contributed by atoms with E-state index >= 15 is 0 Å². The number of hydrogen-bond acceptors (Lipinski definition) is 6. The Morgan fingerprint density at radius 1 is 0.909 bits per heavy atom. The number of nitrogens with zero attached hydrogens (tertiary/aromatic N) is 3. The van der Waals surface area contributed by atoms with Gasteiger partial charge in [0.25, 0.3) is 0 Å². The summed E-state index contributed by atoms with van der Waals surface area (Å²) in [6, 6.07) is 21.1. The Kier molecular flexibility index (Phi) is 9.83. The number of amides is 1. The van der Waals surface area contributed by atoms with E-state index in [0.29, 0.717) is 18.1 Å². The molecule has 2 N–H and O–H groups in total. The average Bonchev–Trinajstić information content (AvgIpc) is 3.01. The summed E-state index contributed by atoms with van der Waals surface area (Å²) in [6.07, 6.45) is 0.733. The molecule has 2 aliphatic rings. The first-order valence-corrected chi connectivity index (χ1v) is 15.7. The first-order chi connectivity index (χ1) is 21.0. The molecule has 2 fully saturated rings. The summed E-state index contributed by atoms with van der Waals surface area (Å²) in [5.74, 6) is -0.844. The van der Waals surface area contributed by atoms with E-state index in [4.69, 9.17) is 16.3 Å². The number of carbonyl (C=O) groups is 2. The van der Waals surface area contributed by atoms with E-state index < -0.39 is 17.7 Å². The van der Waals surface area contributed by atoms with Gasteiger partial charge in [-0.2, -0.15) is 0 Å². The number of anilines is 1. The summed E-state index contributed by atoms with van der Waals surface area (Å²) in [4.78, 5) is 30.1. The lowest BCUT2D eigenvalue weighted by atomic mass is 9.83. The van der Waals surface area contributed by atoms with Crippen LogP contribution in [0.5, 0.6) is 0 Å². The fraction of sp³-hybridized carbons (Fsp3) is 0.429. The second-order valence-corrected chi connectivity index (χ2v) is 13.2. The van der Waals surface area contributed by atoms with Crippen molar-refractivity contribution in [2.24, 2.45) is 5.92 Å². The summed E-state index contributed by atoms with van der Waals surface area (Å²) in [7, 11) is 0. The molecule has 1 amide bonds. The summed E-state index contributed by atoms with van der Waals surface area (Å²) < 4.78 is 5.55. The molecule has 8 nitrogen and oxygen atoms in total. The van der Waals surface area contributed by atoms with Crippen LogP contribution in [0.2, 0.25) is 5.02 Å². The van der Waals surface area contributed by atoms with Gasteiger partial charge in [0.15, 0.2) is 0 Å². The van der Waals surface area contributed by atoms with Crippen LogP contribution in [-0.2, 0) is 11.3 Å². The standard InChI is InChI=1S/C35H42ClN3O5/c1-35(2,3)44-34(43)39-20-18-37(19-21-39)23-24-4-13-30(25-5-9-28(36)10-6-25)31(22-24)32(40)26-14-16-38(17-15-26)29-11-7-27(8-12-29)33(41)42/h4-13,22,26,32,40H,14-21,23H2,1-3H3,(H,41,42)/t32-/m0/s1. The summed E-state index contributed by atoms with van der Waals surface area (Å²) in [5.41, 5.74) is 4.81. The average molecular weight is 620 g/mol. The van der Waals surface area contributed by atoms with E-state index in [9.17, 15) is 19.8 Å². The van der Waals surface area contributed by atoms with Gasteiger partial charge in [0.05, 0.1) is 11.7 Å². The highest BCUT2D eigenvalue weighted by Gasteiger charge is 2.30. The highest BCUT2D eigenvalue weighted by Crippen LogP contribution is 2.38. The van der Waals surface area contributed by atoms with Gasteiger partial charge in [-0.15, -0.1) is 0 Å². The number of carboxylic acids is 1. The van der Waals surface area contributed by atoms with E-state index in [2.05, 4.69) is 28.0 Å². The largest absolute Gasteiger partial charge is 0.478 e. The maximum Gasteiger partial charge on any atom is 0.410 e. The predicted molar refractivity (Wildman–Crippen MR) is 173 cm³/mol. The van der Waals surface area contributed by atoms with Crippen LogP contribution in [0.1, 0.15) is 61.2 Å². The second kappa shape index (κ2) is 13.6. The molecule has 0 saturated carbocycles. The predicted octanol–water partition coefficient (Wildman–Crippen LogP) is 6.71. The topological polar surface area (TPSA) is 93.6 Å². The quantitative estimate of drug-likeness (QED) is 0.304. The molecule has 234 valence electrons. The van der Waals surface area contributed by atoms with Gasteiger partial charge in [0.1, 0.15) is 5.60 Å². The first kappa shape index (κ1) is 31.8. The van der Waals surface area contributed by atoms with Crippen LogP contribution < -0.4 is 4.90 Å². The van der Waals surface area contributed by atoms with Crippen molar-refractivity contribution in [3.05, 3.63) is 88.4 Å². The van der Waals surface area contributed by atoms with E-state index in [-0.39, 0.29) is 17.6 Å². The van der Waals surface area contributed by atoms with Gasteiger partial charge in [-0.1, -0.05) is 41.9 Å². The number of carboxylic acid groups (broad SMARTS) is 1. The van der Waals surface area contributed by atoms with Crippen molar-refractivity contribution in [2.75, 3.05) is 44.2 Å². The normalized spacial score (nSPS) is 17.4. The Labute approximate surface area is 264 Å². The maximum atomic E-state index is 12.5. The molecular weight excluding hydrogens is 578 g/mol. The smallest absolute Gasteiger partial charge is 0.410 e. The minimum absolute atomic E-state index is 0.0863. The number of rotatable bonds is 7. The molecule has 3 aromatic carbocycles. The zero-order valence-electron chi connectivity index (χ0n) is 25.7. The van der Waals surface area contributed by atoms with Gasteiger partial charge in [-0.3, -0.25) is 4.90 Å². The molecule has 2 saturated heterocycles. The van der Waals surface area contributed by atoms with Gasteiger partial charge in [-0.25, -0.2) is 9.59 Å². The van der Waals surface area contributed by atoms with E-state index in [1.165, 1.54) is 0 Å². The van der Waals surface area contributed by atoms with Gasteiger partial charge in [0, 0.05) is 56.5 Å². The molecule has 0 aliphatic carbocycles. The number of halogens is 1. The Hall–Kier alpha value is -3.59. The Bertz CT molecular complexity index is 1440. The zero-order chi connectivity index (χ0) is 31.4. The van der Waals surface area contributed by atoms with Crippen LogP contribution in [0.4, 0.5) is 10.5 Å². The Morgan fingerprint density at radius 2 is 1.55 bits per heavy atom. The number of carbonyl (C=O) groups excluding carboxylic acids is 1. The van der Waals surface area contributed by atoms with Crippen LogP contribution in [-0.4, -0.2) is 76.9 Å². The molecule has 0 spiro atoms. The van der Waals surface area contributed by atoms with E-state index in [1.807, 2.05) is 57.2 Å². The third-order valence-corrected chi connectivity index (χ3v) is 8.74. The van der Waals surface area contributed by atoms with Crippen LogP contribution >= 0.6 is 11.6 Å². The molecule has 2 heterocycles. The number of piperidine rings is 1. The molecule has 1 atom stereocenters. The van der Waals surface area contributed by atoms with Crippen molar-refractivity contribution in [3.63, 3.8) is 0 Å². The first-order valence-electron chi connectivity index (χ1n) is 15.3. The highest BCUT2D eigenvalue weighted by atomic mass is 35.5. The minimum Gasteiger partial charge on any atom is -0.478 e. The highest BCUT2D eigenvalue weighted by molar-refractivity contribution is 6.30. The lowest BCUT2D eigenvalue weighted by Gasteiger charge is -2.37. The summed E-state index contributed by atoms with van der Waals surface area (Å²) in [5, 5.41) is 21.7. The monoisotopic (exact) mass is 619 g/mol. The number of ether oxygens (including phenoxy) is 1. The molecule has 5 rings (SSSR count). The van der Waals surface area contributed by atoms with Crippen LogP contribution in [0.25, 0.3) is 11.1 Å². The lowest BCUT2D eigenvalue weighted by Crippen LogP contribution is -2.49. The lowest BCUT2D eigenvalue weighted by molar-refractivity contribution is 0.0138. The number of aromatic carboxylic acids is 1. The number of piperazine rings is 1. The summed E-state index contributed by atoms with van der Waals surface area (Å²) >= 11 is 6.19. The molecular formula is C35H42ClN3O5. The third kappa shape index (κ3) is 7.92. The van der Waals surface area contributed by atoms with Crippen molar-refractivity contribution in [2.45, 2.75) is 51.9 Å². The van der Waals surface area contributed by atoms with Crippen molar-refractivity contribution < 1.29 is 24.5 Å². The molecule has 0 aromatic heterocycles. The number of benzene rings is 3. The fourth-order valence-corrected chi connectivity index (χ4v) is 6.19. The third-order valence-electron chi connectivity index (χ3n) is 8.49. The van der Waals surface area contributed by atoms with Crippen molar-refractivity contribution in [1.29, 1.82) is 0 Å². The van der Waals surface area contributed by atoms with Crippen LogP contribution in [0, 0.1) is 5.92 Å². The molecule has 44 heavy (non-hydrogen) atoms. The van der Waals surface area contributed by atoms with Crippen molar-refractivity contribution in [3.8, 4) is 11.1 Å². The van der Waals surface area contributed by atoms with E-state index in [1.54, 1.807) is 17.0 Å². The zero-order valence-corrected chi connectivity index (χ0v) is 26.5. The second-order valence-electron chi connectivity index (χ2n) is 12.8. The molecule has 0 unspecified atom stereocenters. The molecule has 3 aromatic rings. The van der Waals surface area contributed by atoms with Gasteiger partial charge in [-0.05, 0) is 98.2 Å². The SMILES string of the molecule is CC(C)(C)OC(=O)N1CCN(Cc2ccc(-c3ccc(Cl)cc3)c([C@@H](O)C3CCN(c4ccc(C(=O)O)cc4)CC3)c2)CC1. The number of aliphatic hydroxyl groups is 1. The fourth-order valence-electron chi connectivity index (χ4n) is 6.06.